The van der Waals surface area contributed by atoms with E-state index in [0.29, 0.717) is 6.54 Å². The largest absolute Gasteiger partial charge is 0.371 e. The van der Waals surface area contributed by atoms with Gasteiger partial charge < -0.3 is 10.2 Å². The van der Waals surface area contributed by atoms with Crippen molar-refractivity contribution in [3.63, 3.8) is 0 Å². The standard InChI is InChI=1S/C17H26N2O/c1-13(2)17(20)18-11-15-6-8-16(9-7-15)19-10-4-5-14(3)12-19/h6-9,13-14H,4-5,10-12H2,1-3H3,(H,18,20)/t14-/m0/s1. The summed E-state index contributed by atoms with van der Waals surface area (Å²) in [5.41, 5.74) is 2.46. The fraction of sp³-hybridized carbons (Fsp3) is 0.588. The number of piperidine rings is 1. The van der Waals surface area contributed by atoms with Gasteiger partial charge in [-0.15, -0.1) is 0 Å². The minimum Gasteiger partial charge on any atom is -0.371 e. The highest BCUT2D eigenvalue weighted by atomic mass is 16.1. The first-order valence-corrected chi connectivity index (χ1v) is 7.68. The molecule has 1 fully saturated rings. The van der Waals surface area contributed by atoms with Crippen LogP contribution in [0.4, 0.5) is 5.69 Å². The van der Waals surface area contributed by atoms with E-state index in [1.165, 1.54) is 18.5 Å². The number of hydrogen-bond acceptors (Lipinski definition) is 2. The van der Waals surface area contributed by atoms with Crippen molar-refractivity contribution in [3.8, 4) is 0 Å². The zero-order valence-electron chi connectivity index (χ0n) is 12.9. The number of anilines is 1. The highest BCUT2D eigenvalue weighted by Gasteiger charge is 2.16. The van der Waals surface area contributed by atoms with Gasteiger partial charge in [0.05, 0.1) is 0 Å². The van der Waals surface area contributed by atoms with Gasteiger partial charge >= 0.3 is 0 Å². The fourth-order valence-corrected chi connectivity index (χ4v) is 2.64. The minimum absolute atomic E-state index is 0.0455. The zero-order valence-corrected chi connectivity index (χ0v) is 12.9. The van der Waals surface area contributed by atoms with Crippen molar-refractivity contribution >= 4 is 11.6 Å². The summed E-state index contributed by atoms with van der Waals surface area (Å²) in [5.74, 6) is 0.941. The Morgan fingerprint density at radius 1 is 1.35 bits per heavy atom. The quantitative estimate of drug-likeness (QED) is 0.914. The third-order valence-corrected chi connectivity index (χ3v) is 3.95. The molecule has 0 aromatic heterocycles. The zero-order chi connectivity index (χ0) is 14.5. The number of nitrogens with zero attached hydrogens (tertiary/aromatic N) is 1. The number of carbonyl (C=O) groups excluding carboxylic acids is 1. The second-order valence-electron chi connectivity index (χ2n) is 6.23. The first kappa shape index (κ1) is 14.9. The van der Waals surface area contributed by atoms with Gasteiger partial charge in [-0.3, -0.25) is 4.79 Å². The molecule has 0 saturated carbocycles. The Hall–Kier alpha value is -1.51. The molecule has 1 atom stereocenters. The van der Waals surface area contributed by atoms with Crippen LogP contribution < -0.4 is 10.2 Å². The molecule has 1 aromatic carbocycles. The molecule has 0 aliphatic carbocycles. The summed E-state index contributed by atoms with van der Waals surface area (Å²) in [6, 6.07) is 8.59. The summed E-state index contributed by atoms with van der Waals surface area (Å²) >= 11 is 0. The van der Waals surface area contributed by atoms with Crippen LogP contribution in [0.5, 0.6) is 0 Å². The molecule has 110 valence electrons. The molecule has 3 nitrogen and oxygen atoms in total. The Morgan fingerprint density at radius 3 is 2.65 bits per heavy atom. The molecule has 1 amide bonds. The van der Waals surface area contributed by atoms with Crippen molar-refractivity contribution < 1.29 is 4.79 Å². The molecular formula is C17H26N2O. The Morgan fingerprint density at radius 2 is 2.05 bits per heavy atom. The number of amides is 1. The number of hydrogen-bond donors (Lipinski definition) is 1. The Bertz CT molecular complexity index is 439. The van der Waals surface area contributed by atoms with E-state index >= 15 is 0 Å². The van der Waals surface area contributed by atoms with E-state index in [1.54, 1.807) is 0 Å². The van der Waals surface area contributed by atoms with E-state index in [4.69, 9.17) is 0 Å². The normalized spacial score (nSPS) is 19.2. The summed E-state index contributed by atoms with van der Waals surface area (Å²) in [5, 5.41) is 2.95. The van der Waals surface area contributed by atoms with Crippen LogP contribution in [-0.2, 0) is 11.3 Å². The maximum atomic E-state index is 11.5. The van der Waals surface area contributed by atoms with Crippen molar-refractivity contribution in [2.45, 2.75) is 40.2 Å². The molecule has 1 aliphatic rings. The van der Waals surface area contributed by atoms with Gasteiger partial charge in [0.15, 0.2) is 0 Å². The summed E-state index contributed by atoms with van der Waals surface area (Å²) in [6.45, 7) is 9.08. The molecule has 0 radical (unpaired) electrons. The second kappa shape index (κ2) is 6.78. The van der Waals surface area contributed by atoms with E-state index in [-0.39, 0.29) is 11.8 Å². The maximum absolute atomic E-state index is 11.5. The summed E-state index contributed by atoms with van der Waals surface area (Å²) in [6.07, 6.45) is 2.63. The summed E-state index contributed by atoms with van der Waals surface area (Å²) in [7, 11) is 0. The highest BCUT2D eigenvalue weighted by molar-refractivity contribution is 5.77. The van der Waals surface area contributed by atoms with Crippen molar-refractivity contribution in [2.75, 3.05) is 18.0 Å². The van der Waals surface area contributed by atoms with E-state index in [0.717, 1.165) is 24.6 Å². The molecule has 3 heteroatoms. The van der Waals surface area contributed by atoms with Gasteiger partial charge in [-0.25, -0.2) is 0 Å². The topological polar surface area (TPSA) is 32.3 Å². The van der Waals surface area contributed by atoms with Gasteiger partial charge in [-0.1, -0.05) is 32.9 Å². The van der Waals surface area contributed by atoms with Gasteiger partial charge in [0, 0.05) is 31.2 Å². The second-order valence-corrected chi connectivity index (χ2v) is 6.23. The number of rotatable bonds is 4. The van der Waals surface area contributed by atoms with E-state index in [9.17, 15) is 4.79 Å². The molecule has 20 heavy (non-hydrogen) atoms. The molecule has 1 aromatic rings. The predicted octanol–water partition coefficient (Wildman–Crippen LogP) is 3.20. The third kappa shape index (κ3) is 3.99. The van der Waals surface area contributed by atoms with Gasteiger partial charge in [0.1, 0.15) is 0 Å². The number of benzene rings is 1. The van der Waals surface area contributed by atoms with Crippen LogP contribution in [0.3, 0.4) is 0 Å². The van der Waals surface area contributed by atoms with Gasteiger partial charge in [0.2, 0.25) is 5.91 Å². The lowest BCUT2D eigenvalue weighted by molar-refractivity contribution is -0.124. The van der Waals surface area contributed by atoms with Crippen LogP contribution in [-0.4, -0.2) is 19.0 Å². The third-order valence-electron chi connectivity index (χ3n) is 3.95. The van der Waals surface area contributed by atoms with Crippen molar-refractivity contribution in [3.05, 3.63) is 29.8 Å². The molecule has 1 N–H and O–H groups in total. The first-order chi connectivity index (χ1) is 9.56. The average Bonchev–Trinajstić information content (AvgIpc) is 2.45. The van der Waals surface area contributed by atoms with E-state index in [2.05, 4.69) is 41.4 Å². The van der Waals surface area contributed by atoms with Gasteiger partial charge in [-0.2, -0.15) is 0 Å². The first-order valence-electron chi connectivity index (χ1n) is 7.68. The lowest BCUT2D eigenvalue weighted by Crippen LogP contribution is -2.34. The van der Waals surface area contributed by atoms with Crippen LogP contribution in [0.1, 0.15) is 39.2 Å². The SMILES string of the molecule is CC(C)C(=O)NCc1ccc(N2CCC[C@H](C)C2)cc1. The molecule has 0 spiro atoms. The van der Waals surface area contributed by atoms with Crippen molar-refractivity contribution in [1.82, 2.24) is 5.32 Å². The minimum atomic E-state index is 0.0455. The van der Waals surface area contributed by atoms with Gasteiger partial charge in [0.25, 0.3) is 0 Å². The van der Waals surface area contributed by atoms with Crippen LogP contribution in [0.2, 0.25) is 0 Å². The van der Waals surface area contributed by atoms with Crippen LogP contribution in [0.15, 0.2) is 24.3 Å². The van der Waals surface area contributed by atoms with Gasteiger partial charge in [-0.05, 0) is 36.5 Å². The number of nitrogens with one attached hydrogen (secondary N) is 1. The molecule has 1 heterocycles. The molecule has 1 saturated heterocycles. The van der Waals surface area contributed by atoms with Crippen LogP contribution in [0, 0.1) is 11.8 Å². The van der Waals surface area contributed by atoms with E-state index in [1.807, 2.05) is 13.8 Å². The summed E-state index contributed by atoms with van der Waals surface area (Å²) < 4.78 is 0. The smallest absolute Gasteiger partial charge is 0.222 e. The predicted molar refractivity (Wildman–Crippen MR) is 83.7 cm³/mol. The summed E-state index contributed by atoms with van der Waals surface area (Å²) in [4.78, 5) is 14.0. The van der Waals surface area contributed by atoms with Crippen LogP contribution >= 0.6 is 0 Å². The lowest BCUT2D eigenvalue weighted by atomic mass is 9.99. The fourth-order valence-electron chi connectivity index (χ4n) is 2.64. The van der Waals surface area contributed by atoms with Crippen molar-refractivity contribution in [1.29, 1.82) is 0 Å². The Balaban J connectivity index is 1.91. The highest BCUT2D eigenvalue weighted by Crippen LogP contribution is 2.23. The molecule has 2 rings (SSSR count). The van der Waals surface area contributed by atoms with E-state index < -0.39 is 0 Å². The molecule has 0 bridgehead atoms. The van der Waals surface area contributed by atoms with Crippen LogP contribution in [0.25, 0.3) is 0 Å². The molecule has 0 unspecified atom stereocenters. The lowest BCUT2D eigenvalue weighted by Gasteiger charge is -2.32. The number of carbonyl (C=O) groups is 1. The molecule has 1 aliphatic heterocycles. The maximum Gasteiger partial charge on any atom is 0.222 e. The Labute approximate surface area is 122 Å². The molecular weight excluding hydrogens is 248 g/mol. The van der Waals surface area contributed by atoms with Crippen molar-refractivity contribution in [2.24, 2.45) is 11.8 Å². The monoisotopic (exact) mass is 274 g/mol. The average molecular weight is 274 g/mol. The Kier molecular flexibility index (Phi) is 5.05.